The molecule has 0 radical (unpaired) electrons. The van der Waals surface area contributed by atoms with E-state index in [2.05, 4.69) is 57.2 Å². The molecule has 1 saturated heterocycles. The van der Waals surface area contributed by atoms with Gasteiger partial charge in [0.05, 0.1) is 18.2 Å². The monoisotopic (exact) mass is 833 g/mol. The first-order valence-electron chi connectivity index (χ1n) is 18.8. The third kappa shape index (κ3) is 8.78. The van der Waals surface area contributed by atoms with Crippen molar-refractivity contribution < 1.29 is 33.5 Å². The Labute approximate surface area is 349 Å². The molecule has 0 bridgehead atoms. The van der Waals surface area contributed by atoms with Gasteiger partial charge in [-0.05, 0) is 37.5 Å². The Hall–Kier alpha value is -6.26. The third-order valence-electron chi connectivity index (χ3n) is 9.54. The lowest BCUT2D eigenvalue weighted by Crippen LogP contribution is -2.71. The van der Waals surface area contributed by atoms with Crippen LogP contribution in [0.1, 0.15) is 55.8 Å². The second-order valence-electron chi connectivity index (χ2n) is 14.8. The highest BCUT2D eigenvalue weighted by Gasteiger charge is 2.55. The average Bonchev–Trinajstić information content (AvgIpc) is 3.87. The molecule has 0 unspecified atom stereocenters. The van der Waals surface area contributed by atoms with E-state index in [1.807, 2.05) is 61.6 Å². The van der Waals surface area contributed by atoms with Gasteiger partial charge in [0.15, 0.2) is 17.5 Å². The van der Waals surface area contributed by atoms with E-state index in [-0.39, 0.29) is 36.1 Å². The molecule has 1 fully saturated rings. The molecule has 2 aliphatic heterocycles. The summed E-state index contributed by atoms with van der Waals surface area (Å²) in [6, 6.07) is 29.1. The van der Waals surface area contributed by atoms with Crippen molar-refractivity contribution in [2.45, 2.75) is 56.9 Å². The minimum atomic E-state index is -1.03. The van der Waals surface area contributed by atoms with E-state index in [1.54, 1.807) is 43.2 Å². The normalized spacial score (nSPS) is 16.8. The van der Waals surface area contributed by atoms with Crippen molar-refractivity contribution >= 4 is 57.7 Å². The van der Waals surface area contributed by atoms with Crippen molar-refractivity contribution in [1.29, 1.82) is 0 Å². The Balaban J connectivity index is 1.20. The SMILES string of the molecule is CC(=O)OCC1=C(C(=O)OC(C)(C)C)N2C(=O)[C@@H](NC(=O)C(=NOCc3cncn3C)c3csc(NC(c4ccccc4)(c4ccccc4)c4ccccc4)n3)[C@H]2SC1. The van der Waals surface area contributed by atoms with Crippen LogP contribution in [0.5, 0.6) is 0 Å². The number of benzene rings is 3. The van der Waals surface area contributed by atoms with Crippen molar-refractivity contribution in [2.75, 3.05) is 17.7 Å². The van der Waals surface area contributed by atoms with Gasteiger partial charge >= 0.3 is 11.9 Å². The number of hydrogen-bond donors (Lipinski definition) is 2. The van der Waals surface area contributed by atoms with Crippen molar-refractivity contribution in [3.8, 4) is 0 Å². The minimum Gasteiger partial charge on any atom is -0.461 e. The fraction of sp³-hybridized carbons (Fsp3) is 0.279. The van der Waals surface area contributed by atoms with Crippen LogP contribution in [0.25, 0.3) is 0 Å². The molecule has 5 aromatic rings. The predicted octanol–water partition coefficient (Wildman–Crippen LogP) is 5.76. The Bertz CT molecular complexity index is 2300. The van der Waals surface area contributed by atoms with E-state index in [1.165, 1.54) is 34.9 Å². The Morgan fingerprint density at radius 2 is 1.53 bits per heavy atom. The van der Waals surface area contributed by atoms with Crippen LogP contribution in [-0.2, 0) is 52.7 Å². The maximum absolute atomic E-state index is 14.3. The fourth-order valence-electron chi connectivity index (χ4n) is 6.78. The van der Waals surface area contributed by atoms with Gasteiger partial charge in [-0.2, -0.15) is 0 Å². The lowest BCUT2D eigenvalue weighted by molar-refractivity contribution is -0.159. The first-order chi connectivity index (χ1) is 28.4. The minimum absolute atomic E-state index is 0.00257. The molecule has 2 N–H and O–H groups in total. The second-order valence-corrected chi connectivity index (χ2v) is 16.8. The highest BCUT2D eigenvalue weighted by Crippen LogP contribution is 2.42. The first-order valence-corrected chi connectivity index (χ1v) is 20.7. The van der Waals surface area contributed by atoms with E-state index in [0.717, 1.165) is 16.7 Å². The molecule has 2 amide bonds. The molecular weight excluding hydrogens is 791 g/mol. The second kappa shape index (κ2) is 17.3. The summed E-state index contributed by atoms with van der Waals surface area (Å²) >= 11 is 2.61. The van der Waals surface area contributed by atoms with E-state index < -0.39 is 46.3 Å². The highest BCUT2D eigenvalue weighted by molar-refractivity contribution is 8.00. The van der Waals surface area contributed by atoms with Gasteiger partial charge in [0.2, 0.25) is 0 Å². The topological polar surface area (TPSA) is 166 Å². The maximum Gasteiger partial charge on any atom is 0.355 e. The highest BCUT2D eigenvalue weighted by atomic mass is 32.2. The Kier molecular flexibility index (Phi) is 12.0. The van der Waals surface area contributed by atoms with Crippen LogP contribution in [0, 0.1) is 0 Å². The van der Waals surface area contributed by atoms with Crippen LogP contribution in [0.4, 0.5) is 5.13 Å². The van der Waals surface area contributed by atoms with E-state index >= 15 is 0 Å². The van der Waals surface area contributed by atoms with E-state index in [0.29, 0.717) is 16.4 Å². The van der Waals surface area contributed by atoms with Crippen LogP contribution in [0.3, 0.4) is 0 Å². The van der Waals surface area contributed by atoms with Gasteiger partial charge in [-0.25, -0.2) is 14.8 Å². The number of aryl methyl sites for hydroxylation is 1. The number of imidazole rings is 1. The molecular formula is C43H43N7O7S2. The molecule has 7 rings (SSSR count). The Morgan fingerprint density at radius 1 is 0.915 bits per heavy atom. The lowest BCUT2D eigenvalue weighted by atomic mass is 9.77. The number of fused-ring (bicyclic) bond motifs is 1. The number of ether oxygens (including phenoxy) is 2. The largest absolute Gasteiger partial charge is 0.461 e. The van der Waals surface area contributed by atoms with Gasteiger partial charge in [-0.1, -0.05) is 96.2 Å². The molecule has 2 atom stereocenters. The number of anilines is 1. The summed E-state index contributed by atoms with van der Waals surface area (Å²) in [5.41, 5.74) is 2.35. The molecule has 59 heavy (non-hydrogen) atoms. The fourth-order valence-corrected chi connectivity index (χ4v) is 8.86. The van der Waals surface area contributed by atoms with Crippen molar-refractivity contribution in [3.63, 3.8) is 0 Å². The molecule has 16 heteroatoms. The van der Waals surface area contributed by atoms with Crippen LogP contribution < -0.4 is 10.6 Å². The van der Waals surface area contributed by atoms with Crippen LogP contribution >= 0.6 is 23.1 Å². The number of thioether (sulfide) groups is 1. The van der Waals surface area contributed by atoms with Crippen molar-refractivity contribution in [3.05, 3.63) is 148 Å². The van der Waals surface area contributed by atoms with Crippen LogP contribution in [-0.4, -0.2) is 78.3 Å². The van der Waals surface area contributed by atoms with Gasteiger partial charge in [0.1, 0.15) is 40.6 Å². The van der Waals surface area contributed by atoms with Crippen LogP contribution in [0.15, 0.2) is 125 Å². The number of thiazole rings is 1. The summed E-state index contributed by atoms with van der Waals surface area (Å²) in [5.74, 6) is -2.25. The summed E-state index contributed by atoms with van der Waals surface area (Å²) in [5, 5.41) is 12.4. The maximum atomic E-state index is 14.3. The number of β-lactam (4-membered cyclic amide) rings is 1. The summed E-state index contributed by atoms with van der Waals surface area (Å²) in [6.45, 7) is 6.24. The molecule has 3 aromatic carbocycles. The van der Waals surface area contributed by atoms with Gasteiger partial charge in [-0.15, -0.1) is 23.1 Å². The van der Waals surface area contributed by atoms with Crippen LogP contribution in [0.2, 0.25) is 0 Å². The zero-order chi connectivity index (χ0) is 41.7. The van der Waals surface area contributed by atoms with Gasteiger partial charge < -0.3 is 29.5 Å². The number of hydrogen-bond acceptors (Lipinski definition) is 13. The molecule has 4 heterocycles. The average molecular weight is 834 g/mol. The summed E-state index contributed by atoms with van der Waals surface area (Å²) in [4.78, 5) is 69.4. The quantitative estimate of drug-likeness (QED) is 0.0460. The van der Waals surface area contributed by atoms with Crippen molar-refractivity contribution in [1.82, 2.24) is 24.8 Å². The first kappa shape index (κ1) is 40.9. The Morgan fingerprint density at radius 3 is 2.07 bits per heavy atom. The van der Waals surface area contributed by atoms with E-state index in [4.69, 9.17) is 19.3 Å². The van der Waals surface area contributed by atoms with Gasteiger partial charge in [0, 0.05) is 30.7 Å². The summed E-state index contributed by atoms with van der Waals surface area (Å²) < 4.78 is 12.6. The number of nitrogens with one attached hydrogen (secondary N) is 2. The number of nitrogens with zero attached hydrogens (tertiary/aromatic N) is 5. The molecule has 14 nitrogen and oxygen atoms in total. The number of carbonyl (C=O) groups is 4. The van der Waals surface area contributed by atoms with E-state index in [9.17, 15) is 19.2 Å². The predicted molar refractivity (Wildman–Crippen MR) is 224 cm³/mol. The van der Waals surface area contributed by atoms with Gasteiger partial charge in [0.25, 0.3) is 11.8 Å². The lowest BCUT2D eigenvalue weighted by Gasteiger charge is -2.49. The zero-order valence-electron chi connectivity index (χ0n) is 33.1. The molecule has 2 aliphatic rings. The van der Waals surface area contributed by atoms with Crippen molar-refractivity contribution in [2.24, 2.45) is 12.2 Å². The number of aromatic nitrogens is 3. The number of rotatable bonds is 14. The molecule has 0 aliphatic carbocycles. The standard InChI is InChI=1S/C43H43N7O7S2/c1-27(51)55-22-28-24-58-39-35(38(53)50(39)36(28)40(54)57-42(2,3)4)46-37(52)34(48-56-23-32-21-44-26-49(32)5)33-25-59-41(45-33)47-43(29-15-9-6-10-16-29,30-17-11-7-12-18-30)31-19-13-8-14-20-31/h6-21,25-26,35,39H,22-24H2,1-5H3,(H,45,47)(H,46,52)/t35-,39-/m1/s1. The smallest absolute Gasteiger partial charge is 0.355 e. The summed E-state index contributed by atoms with van der Waals surface area (Å²) in [6.07, 6.45) is 3.25. The zero-order valence-corrected chi connectivity index (χ0v) is 34.7. The number of oxime groups is 1. The number of esters is 2. The molecule has 0 spiro atoms. The third-order valence-corrected chi connectivity index (χ3v) is 11.6. The van der Waals surface area contributed by atoms with Gasteiger partial charge in [-0.3, -0.25) is 19.3 Å². The summed E-state index contributed by atoms with van der Waals surface area (Å²) in [7, 11) is 1.81. The number of amides is 2. The molecule has 304 valence electrons. The molecule has 2 aromatic heterocycles. The number of carbonyl (C=O) groups excluding carboxylic acids is 4. The molecule has 0 saturated carbocycles.